The van der Waals surface area contributed by atoms with Gasteiger partial charge in [0.15, 0.2) is 0 Å². The highest BCUT2D eigenvalue weighted by Gasteiger charge is 2.19. The van der Waals surface area contributed by atoms with Gasteiger partial charge in [0.2, 0.25) is 5.95 Å². The summed E-state index contributed by atoms with van der Waals surface area (Å²) in [5.41, 5.74) is 2.23. The second kappa shape index (κ2) is 9.05. The van der Waals surface area contributed by atoms with Gasteiger partial charge in [-0.05, 0) is 42.0 Å². The first-order valence-corrected chi connectivity index (χ1v) is 11.8. The van der Waals surface area contributed by atoms with Crippen LogP contribution in [0.2, 0.25) is 5.02 Å². The number of nitrogens with zero attached hydrogens (tertiary/aromatic N) is 3. The van der Waals surface area contributed by atoms with Crippen molar-refractivity contribution < 1.29 is 8.42 Å². The van der Waals surface area contributed by atoms with Gasteiger partial charge in [-0.1, -0.05) is 70.0 Å². The zero-order valence-corrected chi connectivity index (χ0v) is 19.1. The Bertz CT molecular complexity index is 1320. The van der Waals surface area contributed by atoms with Crippen molar-refractivity contribution in [2.24, 2.45) is 5.10 Å². The van der Waals surface area contributed by atoms with Crippen molar-refractivity contribution in [3.8, 4) is 11.3 Å². The van der Waals surface area contributed by atoms with E-state index in [0.717, 1.165) is 15.6 Å². The maximum atomic E-state index is 12.9. The van der Waals surface area contributed by atoms with Gasteiger partial charge in [-0.3, -0.25) is 0 Å². The number of imidazole rings is 1. The predicted molar refractivity (Wildman–Crippen MR) is 127 cm³/mol. The molecule has 0 saturated heterocycles. The van der Waals surface area contributed by atoms with Crippen LogP contribution in [0.3, 0.4) is 0 Å². The number of benzene rings is 3. The molecule has 1 heterocycles. The number of rotatable bonds is 6. The predicted octanol–water partition coefficient (Wildman–Crippen LogP) is 5.65. The van der Waals surface area contributed by atoms with E-state index in [-0.39, 0.29) is 10.8 Å². The molecule has 31 heavy (non-hydrogen) atoms. The Hall–Kier alpha value is -2.94. The quantitative estimate of drug-likeness (QED) is 0.337. The van der Waals surface area contributed by atoms with Gasteiger partial charge in [0, 0.05) is 15.1 Å². The van der Waals surface area contributed by atoms with Gasteiger partial charge < -0.3 is 0 Å². The van der Waals surface area contributed by atoms with Crippen molar-refractivity contribution in [2.45, 2.75) is 4.90 Å². The monoisotopic (exact) mass is 514 g/mol. The molecular formula is C22H16BrClN4O2S. The van der Waals surface area contributed by atoms with Gasteiger partial charge in [0.05, 0.1) is 23.0 Å². The normalized spacial score (nSPS) is 11.7. The third kappa shape index (κ3) is 5.22. The number of hydrogen-bond donors (Lipinski definition) is 1. The van der Waals surface area contributed by atoms with Gasteiger partial charge in [-0.25, -0.2) is 22.8 Å². The highest BCUT2D eigenvalue weighted by atomic mass is 79.9. The first-order valence-electron chi connectivity index (χ1n) is 9.14. The highest BCUT2D eigenvalue weighted by Crippen LogP contribution is 2.23. The lowest BCUT2D eigenvalue weighted by Crippen LogP contribution is -2.15. The number of hydrogen-bond acceptors (Lipinski definition) is 4. The Morgan fingerprint density at radius 1 is 0.968 bits per heavy atom. The molecule has 1 N–H and O–H groups in total. The first kappa shape index (κ1) is 21.3. The zero-order valence-electron chi connectivity index (χ0n) is 16.0. The molecule has 0 unspecified atom stereocenters. The van der Waals surface area contributed by atoms with Crippen molar-refractivity contribution in [3.05, 3.63) is 100 Å². The van der Waals surface area contributed by atoms with Crippen molar-refractivity contribution >= 4 is 49.7 Å². The molecular weight excluding hydrogens is 500 g/mol. The van der Waals surface area contributed by atoms with Crippen molar-refractivity contribution in [3.63, 3.8) is 0 Å². The molecule has 0 atom stereocenters. The fourth-order valence-corrected chi connectivity index (χ4v) is 4.13. The maximum absolute atomic E-state index is 12.9. The Labute approximate surface area is 193 Å². The molecule has 1 aromatic heterocycles. The van der Waals surface area contributed by atoms with Crippen LogP contribution in [0.25, 0.3) is 11.3 Å². The minimum atomic E-state index is -3.86. The molecule has 0 fully saturated rings. The molecule has 0 saturated carbocycles. The summed E-state index contributed by atoms with van der Waals surface area (Å²) in [6.45, 7) is 0. The fraction of sp³-hybridized carbons (Fsp3) is 0. The number of nitrogens with one attached hydrogen (secondary N) is 1. The molecule has 9 heteroatoms. The molecule has 0 aliphatic carbocycles. The van der Waals surface area contributed by atoms with Crippen LogP contribution >= 0.6 is 27.5 Å². The lowest BCUT2D eigenvalue weighted by Gasteiger charge is -2.07. The molecule has 0 aliphatic rings. The molecule has 4 rings (SSSR count). The summed E-state index contributed by atoms with van der Waals surface area (Å²) in [5.74, 6) is 0.0759. The van der Waals surface area contributed by atoms with Crippen LogP contribution in [0.5, 0.6) is 0 Å². The SMILES string of the molecule is O=S(=O)(Nc1nc(-c2ccccc2)cn1N=Cc1ccc(Cl)cc1)c1ccc(Br)cc1. The van der Waals surface area contributed by atoms with E-state index >= 15 is 0 Å². The van der Waals surface area contributed by atoms with Crippen LogP contribution in [0.4, 0.5) is 5.95 Å². The van der Waals surface area contributed by atoms with Crippen molar-refractivity contribution in [2.75, 3.05) is 4.72 Å². The summed E-state index contributed by atoms with van der Waals surface area (Å²) in [6, 6.07) is 22.9. The topological polar surface area (TPSA) is 76.3 Å². The average Bonchev–Trinajstić information content (AvgIpc) is 3.16. The highest BCUT2D eigenvalue weighted by molar-refractivity contribution is 9.10. The second-order valence-electron chi connectivity index (χ2n) is 6.52. The third-order valence-corrected chi connectivity index (χ3v) is 6.43. The van der Waals surface area contributed by atoms with E-state index in [0.29, 0.717) is 10.7 Å². The van der Waals surface area contributed by atoms with Crippen LogP contribution in [-0.4, -0.2) is 24.3 Å². The third-order valence-electron chi connectivity index (χ3n) is 4.31. The summed E-state index contributed by atoms with van der Waals surface area (Å²) in [6.07, 6.45) is 3.27. The minimum absolute atomic E-state index is 0.0759. The number of aromatic nitrogens is 2. The molecule has 0 amide bonds. The van der Waals surface area contributed by atoms with Gasteiger partial charge in [-0.15, -0.1) is 0 Å². The molecule has 4 aromatic rings. The first-order chi connectivity index (χ1) is 14.9. The fourth-order valence-electron chi connectivity index (χ4n) is 2.75. The van der Waals surface area contributed by atoms with Gasteiger partial charge in [-0.2, -0.15) is 5.10 Å². The van der Waals surface area contributed by atoms with E-state index in [2.05, 4.69) is 30.7 Å². The molecule has 0 radical (unpaired) electrons. The molecule has 0 bridgehead atoms. The number of sulfonamides is 1. The van der Waals surface area contributed by atoms with E-state index in [1.54, 1.807) is 36.7 Å². The smallest absolute Gasteiger partial charge is 0.247 e. The largest absolute Gasteiger partial charge is 0.264 e. The summed E-state index contributed by atoms with van der Waals surface area (Å²) < 4.78 is 30.5. The standard InChI is InChI=1S/C22H16BrClN4O2S/c23-18-8-12-20(13-9-18)31(29,30)27-22-26-21(17-4-2-1-3-5-17)15-28(22)25-14-16-6-10-19(24)11-7-16/h1-15H,(H,26,27). The zero-order chi connectivity index (χ0) is 21.8. The molecule has 0 spiro atoms. The molecule has 0 aliphatic heterocycles. The second-order valence-corrected chi connectivity index (χ2v) is 9.55. The Balaban J connectivity index is 1.71. The van der Waals surface area contributed by atoms with Gasteiger partial charge in [0.25, 0.3) is 10.0 Å². The summed E-state index contributed by atoms with van der Waals surface area (Å²) in [5, 5.41) is 5.02. The number of halogens is 2. The van der Waals surface area contributed by atoms with E-state index in [4.69, 9.17) is 11.6 Å². The minimum Gasteiger partial charge on any atom is -0.247 e. The number of anilines is 1. The lowest BCUT2D eigenvalue weighted by molar-refractivity contribution is 0.600. The molecule has 3 aromatic carbocycles. The van der Waals surface area contributed by atoms with Gasteiger partial charge >= 0.3 is 0 Å². The lowest BCUT2D eigenvalue weighted by atomic mass is 10.2. The van der Waals surface area contributed by atoms with E-state index in [9.17, 15) is 8.42 Å². The maximum Gasteiger partial charge on any atom is 0.264 e. The van der Waals surface area contributed by atoms with E-state index in [1.165, 1.54) is 16.8 Å². The summed E-state index contributed by atoms with van der Waals surface area (Å²) in [4.78, 5) is 4.58. The Morgan fingerprint density at radius 2 is 1.65 bits per heavy atom. The van der Waals surface area contributed by atoms with Crippen LogP contribution in [0, 0.1) is 0 Å². The summed E-state index contributed by atoms with van der Waals surface area (Å²) in [7, 11) is -3.86. The van der Waals surface area contributed by atoms with Crippen LogP contribution < -0.4 is 4.72 Å². The molecule has 156 valence electrons. The van der Waals surface area contributed by atoms with E-state index < -0.39 is 10.0 Å². The van der Waals surface area contributed by atoms with E-state index in [1.807, 2.05) is 42.5 Å². The summed E-state index contributed by atoms with van der Waals surface area (Å²) >= 11 is 9.23. The van der Waals surface area contributed by atoms with Gasteiger partial charge in [0.1, 0.15) is 0 Å². The Morgan fingerprint density at radius 3 is 2.32 bits per heavy atom. The Kier molecular flexibility index (Phi) is 6.22. The van der Waals surface area contributed by atoms with Crippen molar-refractivity contribution in [1.82, 2.24) is 9.66 Å². The van der Waals surface area contributed by atoms with Crippen LogP contribution in [0.1, 0.15) is 5.56 Å². The van der Waals surface area contributed by atoms with Crippen LogP contribution in [0.15, 0.2) is 99.5 Å². The van der Waals surface area contributed by atoms with Crippen molar-refractivity contribution in [1.29, 1.82) is 0 Å². The average molecular weight is 516 g/mol. The van der Waals surface area contributed by atoms with Crippen LogP contribution in [-0.2, 0) is 10.0 Å². The molecule has 6 nitrogen and oxygen atoms in total.